The van der Waals surface area contributed by atoms with Gasteiger partial charge < -0.3 is 0 Å². The second-order valence-electron chi connectivity index (χ2n) is 9.30. The monoisotopic (exact) mass is 369 g/mol. The van der Waals surface area contributed by atoms with Crippen LogP contribution in [0.15, 0.2) is 36.4 Å². The van der Waals surface area contributed by atoms with Crippen molar-refractivity contribution in [2.24, 2.45) is 0 Å². The van der Waals surface area contributed by atoms with Gasteiger partial charge in [0.15, 0.2) is 0 Å². The van der Waals surface area contributed by atoms with Crippen LogP contribution in [0.1, 0.15) is 11.1 Å². The van der Waals surface area contributed by atoms with Crippen molar-refractivity contribution in [3.8, 4) is 0 Å². The van der Waals surface area contributed by atoms with Gasteiger partial charge in [-0.1, -0.05) is 114 Å². The molecular formula is C21H33Si3. The van der Waals surface area contributed by atoms with Gasteiger partial charge in [0.1, 0.15) is 8.80 Å². The molecule has 1 radical (unpaired) electrons. The first-order chi connectivity index (χ1) is 10.9. The summed E-state index contributed by atoms with van der Waals surface area (Å²) < 4.78 is 0. The van der Waals surface area contributed by atoms with Crippen molar-refractivity contribution in [1.29, 1.82) is 0 Å². The molecule has 2 aromatic carbocycles. The van der Waals surface area contributed by atoms with E-state index < -0.39 is 24.9 Å². The molecule has 0 amide bonds. The smallest absolute Gasteiger partial charge is 0.0656 e. The van der Waals surface area contributed by atoms with E-state index in [-0.39, 0.29) is 0 Å². The summed E-state index contributed by atoms with van der Waals surface area (Å²) in [6.07, 6.45) is 0. The first-order valence-corrected chi connectivity index (χ1v) is 18.0. The highest BCUT2D eigenvalue weighted by molar-refractivity contribution is 6.91. The molecule has 0 unspecified atom stereocenters. The lowest BCUT2D eigenvalue weighted by atomic mass is 10.2. The van der Waals surface area contributed by atoms with Gasteiger partial charge in [-0.25, -0.2) is 0 Å². The zero-order valence-electron chi connectivity index (χ0n) is 17.0. The van der Waals surface area contributed by atoms with Crippen LogP contribution in [0.3, 0.4) is 0 Å². The molecule has 129 valence electrons. The van der Waals surface area contributed by atoms with Crippen LogP contribution in [0.5, 0.6) is 0 Å². The lowest BCUT2D eigenvalue weighted by Crippen LogP contribution is -2.47. The van der Waals surface area contributed by atoms with E-state index in [0.29, 0.717) is 0 Å². The minimum absolute atomic E-state index is 0.708. The van der Waals surface area contributed by atoms with E-state index in [9.17, 15) is 0 Å². The van der Waals surface area contributed by atoms with Crippen LogP contribution in [0.4, 0.5) is 0 Å². The van der Waals surface area contributed by atoms with E-state index in [4.69, 9.17) is 0 Å². The van der Waals surface area contributed by atoms with E-state index in [1.54, 1.807) is 20.7 Å². The van der Waals surface area contributed by atoms with E-state index in [1.165, 1.54) is 11.1 Å². The van der Waals surface area contributed by atoms with Crippen LogP contribution >= 0.6 is 0 Å². The van der Waals surface area contributed by atoms with E-state index >= 15 is 0 Å². The molecule has 24 heavy (non-hydrogen) atoms. The average Bonchev–Trinajstić information content (AvgIpc) is 2.43. The highest BCUT2D eigenvalue weighted by Gasteiger charge is 2.22. The van der Waals surface area contributed by atoms with Gasteiger partial charge >= 0.3 is 0 Å². The Kier molecular flexibility index (Phi) is 5.48. The van der Waals surface area contributed by atoms with Gasteiger partial charge in [-0.3, -0.25) is 0 Å². The van der Waals surface area contributed by atoms with Crippen LogP contribution in [0.2, 0.25) is 45.8 Å². The van der Waals surface area contributed by atoms with Crippen molar-refractivity contribution < 1.29 is 0 Å². The largest absolute Gasteiger partial charge is 0.118 e. The van der Waals surface area contributed by atoms with Gasteiger partial charge in [0, 0.05) is 0 Å². The third-order valence-electron chi connectivity index (χ3n) is 4.75. The molecule has 0 aliphatic rings. The molecule has 2 aromatic rings. The Labute approximate surface area is 153 Å². The van der Waals surface area contributed by atoms with Crippen molar-refractivity contribution in [2.75, 3.05) is 0 Å². The van der Waals surface area contributed by atoms with Crippen LogP contribution < -0.4 is 20.7 Å². The number of benzene rings is 2. The Morgan fingerprint density at radius 1 is 0.583 bits per heavy atom. The molecule has 0 saturated carbocycles. The highest BCUT2D eigenvalue weighted by atomic mass is 28.3. The molecular weight excluding hydrogens is 336 g/mol. The van der Waals surface area contributed by atoms with Crippen molar-refractivity contribution in [2.45, 2.75) is 59.7 Å². The molecule has 0 spiro atoms. The second-order valence-corrected chi connectivity index (χ2v) is 21.9. The summed E-state index contributed by atoms with van der Waals surface area (Å²) >= 11 is 0. The zero-order valence-corrected chi connectivity index (χ0v) is 20.0. The molecule has 0 bridgehead atoms. The molecule has 0 N–H and O–H groups in total. The molecule has 0 saturated heterocycles. The first-order valence-electron chi connectivity index (χ1n) is 8.96. The Bertz CT molecular complexity index is 670. The Hall–Kier alpha value is -0.909. The molecule has 2 rings (SSSR count). The molecule has 0 aliphatic heterocycles. The van der Waals surface area contributed by atoms with Crippen molar-refractivity contribution in [1.82, 2.24) is 0 Å². The van der Waals surface area contributed by atoms with Crippen molar-refractivity contribution in [3.05, 3.63) is 47.5 Å². The van der Waals surface area contributed by atoms with Gasteiger partial charge in [-0.2, -0.15) is 0 Å². The molecule has 0 aromatic heterocycles. The summed E-state index contributed by atoms with van der Waals surface area (Å²) in [6.45, 7) is 21.7. The molecule has 0 aliphatic carbocycles. The van der Waals surface area contributed by atoms with Crippen LogP contribution in [-0.2, 0) is 0 Å². The number of rotatable bonds is 4. The standard InChI is InChI=1S/C21H33Si3/c1-16-10-18(14-20(12-16)23(4,5)6)22(3)19-11-17(2)13-21(15-19)24(7,8)9/h10-15H,1-9H3. The first kappa shape index (κ1) is 19.4. The zero-order chi connectivity index (χ0) is 18.3. The quantitative estimate of drug-likeness (QED) is 0.722. The number of hydrogen-bond acceptors (Lipinski definition) is 0. The summed E-state index contributed by atoms with van der Waals surface area (Å²) in [5, 5.41) is 6.34. The van der Waals surface area contributed by atoms with Crippen LogP contribution in [-0.4, -0.2) is 24.9 Å². The number of aryl methyl sites for hydroxylation is 2. The van der Waals surface area contributed by atoms with Crippen molar-refractivity contribution in [3.63, 3.8) is 0 Å². The summed E-state index contributed by atoms with van der Waals surface area (Å²) in [6, 6.07) is 14.7. The van der Waals surface area contributed by atoms with Crippen LogP contribution in [0, 0.1) is 13.8 Å². The van der Waals surface area contributed by atoms with Gasteiger partial charge in [0.25, 0.3) is 0 Å². The predicted molar refractivity (Wildman–Crippen MR) is 119 cm³/mol. The molecule has 0 nitrogen and oxygen atoms in total. The third-order valence-corrected chi connectivity index (χ3v) is 11.1. The second kappa shape index (κ2) is 6.77. The molecule has 3 heteroatoms. The maximum atomic E-state index is 2.52. The van der Waals surface area contributed by atoms with Crippen molar-refractivity contribution >= 4 is 45.7 Å². The maximum absolute atomic E-state index is 2.52. The minimum Gasteiger partial charge on any atom is -0.0656 e. The van der Waals surface area contributed by atoms with E-state index in [1.807, 2.05) is 0 Å². The maximum Gasteiger partial charge on any atom is 0.118 e. The number of hydrogen-bond donors (Lipinski definition) is 0. The molecule has 0 fully saturated rings. The Morgan fingerprint density at radius 3 is 1.21 bits per heavy atom. The Morgan fingerprint density at radius 2 is 0.917 bits per heavy atom. The highest BCUT2D eigenvalue weighted by Crippen LogP contribution is 2.07. The predicted octanol–water partition coefficient (Wildman–Crippen LogP) is 3.63. The fourth-order valence-corrected chi connectivity index (χ4v) is 7.78. The van der Waals surface area contributed by atoms with Gasteiger partial charge in [-0.05, 0) is 13.8 Å². The summed E-state index contributed by atoms with van der Waals surface area (Å²) in [4.78, 5) is 0. The molecule has 0 heterocycles. The lowest BCUT2D eigenvalue weighted by molar-refractivity contribution is 1.49. The third kappa shape index (κ3) is 4.58. The lowest BCUT2D eigenvalue weighted by Gasteiger charge is -2.23. The van der Waals surface area contributed by atoms with Crippen LogP contribution in [0.25, 0.3) is 0 Å². The van der Waals surface area contributed by atoms with Gasteiger partial charge in [-0.15, -0.1) is 0 Å². The summed E-state index contributed by atoms with van der Waals surface area (Å²) in [5.41, 5.74) is 2.85. The SMILES string of the molecule is Cc1cc([Si](C)c2cc(C)cc([Si](C)(C)C)c2)cc([Si](C)(C)C)c1. The average molecular weight is 370 g/mol. The normalized spacial score (nSPS) is 12.8. The van der Waals surface area contributed by atoms with E-state index in [2.05, 4.69) is 96.1 Å². The van der Waals surface area contributed by atoms with E-state index in [0.717, 1.165) is 0 Å². The fourth-order valence-electron chi connectivity index (χ4n) is 3.03. The minimum atomic E-state index is -1.27. The van der Waals surface area contributed by atoms with Gasteiger partial charge in [0.2, 0.25) is 0 Å². The van der Waals surface area contributed by atoms with Gasteiger partial charge in [0.05, 0.1) is 16.1 Å². The fraction of sp³-hybridized carbons (Fsp3) is 0.429. The summed E-state index contributed by atoms with van der Waals surface area (Å²) in [5.74, 6) is 0. The molecule has 0 atom stereocenters. The summed E-state index contributed by atoms with van der Waals surface area (Å²) in [7, 11) is -3.25. The Balaban J connectivity index is 2.51. The topological polar surface area (TPSA) is 0 Å².